The number of hydrogen-bond donors (Lipinski definition) is 2. The topological polar surface area (TPSA) is 70.7 Å². The van der Waals surface area contributed by atoms with Gasteiger partial charge in [-0.2, -0.15) is 0 Å². The van der Waals surface area contributed by atoms with Crippen molar-refractivity contribution in [3.63, 3.8) is 0 Å². The molecule has 0 amide bonds. The van der Waals surface area contributed by atoms with E-state index in [1.807, 2.05) is 0 Å². The molecule has 1 aromatic heterocycles. The van der Waals surface area contributed by atoms with Crippen LogP contribution in [0.15, 0.2) is 9.59 Å². The van der Waals surface area contributed by atoms with Crippen LogP contribution in [0.5, 0.6) is 0 Å². The Kier molecular flexibility index (Phi) is 0.205. The number of aromatic nitrogens is 3. The van der Waals surface area contributed by atoms with E-state index in [9.17, 15) is 9.59 Å². The number of nitrogens with zero attached hydrogens (tertiary/aromatic N) is 1. The second kappa shape index (κ2) is 0.573. The monoisotopic (exact) mass is 299 g/mol. The van der Waals surface area contributed by atoms with Crippen LogP contribution in [-0.2, 0) is 13.1 Å². The molecule has 10 aliphatic heterocycles. The maximum atomic E-state index is 11.9. The van der Waals surface area contributed by atoms with Gasteiger partial charge in [-0.1, -0.05) is 0 Å². The van der Waals surface area contributed by atoms with Crippen LogP contribution in [0.25, 0.3) is 0 Å². The average Bonchev–Trinajstić information content (AvgIpc) is 3.27. The van der Waals surface area contributed by atoms with Crippen LogP contribution in [0.4, 0.5) is 0 Å². The normalized spacial score (nSPS) is 108. The minimum absolute atomic E-state index is 0.194. The van der Waals surface area contributed by atoms with E-state index in [2.05, 4.69) is 10.1 Å². The van der Waals surface area contributed by atoms with Crippen LogP contribution >= 0.6 is 0 Å². The summed E-state index contributed by atoms with van der Waals surface area (Å²) in [5, 5.41) is 2.74. The van der Waals surface area contributed by atoms with Gasteiger partial charge >= 0.3 is 96.4 Å². The summed E-state index contributed by atoms with van der Waals surface area (Å²) in [6.07, 6.45) is 0. The van der Waals surface area contributed by atoms with Gasteiger partial charge in [-0.15, -0.1) is 0 Å². The van der Waals surface area contributed by atoms with Crippen molar-refractivity contribution in [3.05, 3.63) is 21.0 Å². The van der Waals surface area contributed by atoms with E-state index < -0.39 is 6.51 Å². The Hall–Kier alpha value is -0.741. The van der Waals surface area contributed by atoms with E-state index in [-0.39, 0.29) is 11.4 Å². The predicted molar refractivity (Wildman–Crippen MR) is 62.1 cm³/mol. The van der Waals surface area contributed by atoms with Crippen molar-refractivity contribution in [3.8, 4) is 0 Å². The van der Waals surface area contributed by atoms with Gasteiger partial charge in [-0.05, 0) is 0 Å². The van der Waals surface area contributed by atoms with Crippen LogP contribution in [0.3, 0.4) is 0 Å². The summed E-state index contributed by atoms with van der Waals surface area (Å²) in [6, 6.07) is 0. The molecule has 0 aromatic carbocycles. The van der Waals surface area contributed by atoms with Gasteiger partial charge in [0, 0.05) is 0 Å². The zero-order valence-corrected chi connectivity index (χ0v) is 11.1. The molecule has 0 bridgehead atoms. The molecule has 10 aliphatic rings. The first-order valence-corrected chi connectivity index (χ1v) is 13.8. The fourth-order valence-corrected chi connectivity index (χ4v) is 92.5. The summed E-state index contributed by atoms with van der Waals surface area (Å²) in [7, 11) is 0. The Morgan fingerprint density at radius 3 is 1.89 bits per heavy atom. The van der Waals surface area contributed by atoms with Gasteiger partial charge in [0.05, 0.1) is 0 Å². The van der Waals surface area contributed by atoms with Crippen molar-refractivity contribution < 1.29 is 6.51 Å². The second-order valence-corrected chi connectivity index (χ2v) is 35.0. The van der Waals surface area contributed by atoms with E-state index in [4.69, 9.17) is 0 Å². The molecule has 1 aromatic rings. The minimum atomic E-state index is -3.07. The Morgan fingerprint density at radius 2 is 1.58 bits per heavy atom. The van der Waals surface area contributed by atoms with Crippen LogP contribution in [0, 0.1) is 0 Å². The van der Waals surface area contributed by atoms with Crippen molar-refractivity contribution in [2.45, 2.75) is 54.2 Å². The van der Waals surface area contributed by atoms with Crippen LogP contribution in [0.2, 0.25) is 47.7 Å². The molecule has 0 radical (unpaired) electrons. The van der Waals surface area contributed by atoms with Crippen molar-refractivity contribution >= 4 is 0 Å². The van der Waals surface area contributed by atoms with Crippen molar-refractivity contribution in [1.29, 1.82) is 0 Å². The molecule has 2 N–H and O–H groups in total. The number of H-pyrrole nitrogens is 2. The third-order valence-corrected chi connectivity index (χ3v) is 59.0. The van der Waals surface area contributed by atoms with E-state index in [0.29, 0.717) is 4.31 Å². The van der Waals surface area contributed by atoms with Gasteiger partial charge in [-0.25, -0.2) is 0 Å². The van der Waals surface area contributed by atoms with Crippen molar-refractivity contribution in [2.24, 2.45) is 0 Å². The molecular weight excluding hydrogens is 286 g/mol. The quantitative estimate of drug-likeness (QED) is 0.815. The van der Waals surface area contributed by atoms with Crippen LogP contribution in [0.1, 0.15) is 0 Å². The van der Waals surface area contributed by atoms with E-state index >= 15 is 0 Å². The molecule has 1 spiro atoms. The first-order valence-electron chi connectivity index (χ1n) is 7.53. The second-order valence-electron chi connectivity index (χ2n) is 11.3. The summed E-state index contributed by atoms with van der Waals surface area (Å²) in [6.45, 7) is -2.15. The summed E-state index contributed by atoms with van der Waals surface area (Å²) in [4.78, 5) is 37.0. The molecule has 10 saturated heterocycles. The molecule has 4 unspecified atom stereocenters. The molecule has 0 saturated carbocycles. The molecule has 6 heteroatoms. The zero-order valence-electron chi connectivity index (χ0n) is 10.0. The molecule has 19 heavy (non-hydrogen) atoms. The summed E-state index contributed by atoms with van der Waals surface area (Å²) in [5.41, 5.74) is -0.516. The molecule has 10 fully saturated rings. The van der Waals surface area contributed by atoms with Gasteiger partial charge < -0.3 is 0 Å². The fourth-order valence-electron chi connectivity index (χ4n) is 17.8. The predicted octanol–water partition coefficient (Wildman–Crippen LogP) is 1.62. The number of rotatable bonds is 2. The molecule has 5 nitrogen and oxygen atoms in total. The van der Waals surface area contributed by atoms with Gasteiger partial charge in [-0.3, -0.25) is 0 Å². The first kappa shape index (κ1) is 6.81. The van der Waals surface area contributed by atoms with E-state index in [1.165, 1.54) is 43.3 Å². The first-order chi connectivity index (χ1) is 8.93. The number of aromatic amines is 2. The molecule has 100 valence electrons. The molecule has 0 aliphatic carbocycles. The van der Waals surface area contributed by atoms with Crippen molar-refractivity contribution in [2.75, 3.05) is 0 Å². The average molecular weight is 299 g/mol. The molecule has 11 heterocycles. The standard InChI is InChI=1S/C8H8N3O2.C5H5.Fe/c12-7-9-8(13)11(10-7)5-6-3-1-2-4-6;1-2-4-5-3-1;/h1-4H,5H2,(H2,9,10,12,13);1-5H;. The Bertz CT molecular complexity index is 1240. The Labute approximate surface area is 96.6 Å². The number of hydrogen-bond acceptors (Lipinski definition) is 2. The summed E-state index contributed by atoms with van der Waals surface area (Å²) < 4.78 is 2.33. The van der Waals surface area contributed by atoms with Gasteiger partial charge in [0.15, 0.2) is 0 Å². The number of fused-ring (bicyclic) bond motifs is 10. The van der Waals surface area contributed by atoms with Gasteiger partial charge in [0.1, 0.15) is 0 Å². The Balaban J connectivity index is 1.41. The molecule has 11 rings (SSSR count). The van der Waals surface area contributed by atoms with Gasteiger partial charge in [0.2, 0.25) is 0 Å². The van der Waals surface area contributed by atoms with E-state index in [0.717, 1.165) is 6.54 Å². The number of nitrogens with one attached hydrogen (secondary N) is 2. The third-order valence-electron chi connectivity index (χ3n) is 16.1. The van der Waals surface area contributed by atoms with Crippen molar-refractivity contribution in [1.82, 2.24) is 14.8 Å². The SMILES string of the molecule is O=c1[nH]c(=O)n(C[C]23[CH]4[CH]5[CH]6[CH]2[Fe]56432789[CH]3[CH]2[CH]7[CH]8[CH]39)[nH]1. The fraction of sp³-hybridized carbons (Fsp3) is 0.846. The third kappa shape index (κ3) is 0.0765. The van der Waals surface area contributed by atoms with E-state index in [1.54, 1.807) is 4.68 Å². The Morgan fingerprint density at radius 1 is 1.00 bits per heavy atom. The van der Waals surface area contributed by atoms with Gasteiger partial charge in [0.25, 0.3) is 0 Å². The van der Waals surface area contributed by atoms with Crippen LogP contribution < -0.4 is 11.4 Å². The maximum absolute atomic E-state index is 11.9. The molecule has 4 atom stereocenters. The van der Waals surface area contributed by atoms with Crippen LogP contribution in [-0.4, -0.2) is 14.8 Å². The zero-order chi connectivity index (χ0) is 11.9. The summed E-state index contributed by atoms with van der Waals surface area (Å²) >= 11 is 0. The molecular formula is C13H13FeN3O2. The summed E-state index contributed by atoms with van der Waals surface area (Å²) in [5.74, 6) is 0.